The van der Waals surface area contributed by atoms with Crippen LogP contribution in [-0.4, -0.2) is 24.0 Å². The zero-order valence-corrected chi connectivity index (χ0v) is 9.67. The Bertz CT molecular complexity index is 347. The summed E-state index contributed by atoms with van der Waals surface area (Å²) in [7, 11) is 0. The van der Waals surface area contributed by atoms with E-state index in [9.17, 15) is 8.78 Å². The van der Waals surface area contributed by atoms with Crippen LogP contribution in [0.3, 0.4) is 0 Å². The van der Waals surface area contributed by atoms with Gasteiger partial charge >= 0.3 is 0 Å². The van der Waals surface area contributed by atoms with E-state index in [4.69, 9.17) is 0 Å². The van der Waals surface area contributed by atoms with Crippen molar-refractivity contribution in [2.24, 2.45) is 0 Å². The molecule has 0 bridgehead atoms. The molecule has 0 unspecified atom stereocenters. The van der Waals surface area contributed by atoms with Crippen molar-refractivity contribution in [1.29, 1.82) is 0 Å². The van der Waals surface area contributed by atoms with E-state index in [2.05, 4.69) is 20.9 Å². The number of piperidine rings is 1. The van der Waals surface area contributed by atoms with Crippen LogP contribution < -0.4 is 4.90 Å². The number of nitrogens with zero attached hydrogens (tertiary/aromatic N) is 2. The molecule has 82 valence electrons. The van der Waals surface area contributed by atoms with Crippen LogP contribution in [0.1, 0.15) is 12.8 Å². The molecular weight excluding hydrogens is 266 g/mol. The molecule has 15 heavy (non-hydrogen) atoms. The number of anilines is 1. The van der Waals surface area contributed by atoms with Crippen molar-refractivity contribution in [1.82, 2.24) is 4.98 Å². The Labute approximate surface area is 95.4 Å². The highest BCUT2D eigenvalue weighted by atomic mass is 79.9. The topological polar surface area (TPSA) is 16.1 Å². The molecule has 0 N–H and O–H groups in total. The van der Waals surface area contributed by atoms with Gasteiger partial charge in [-0.1, -0.05) is 0 Å². The average Bonchev–Trinajstić information content (AvgIpc) is 2.19. The van der Waals surface area contributed by atoms with Crippen LogP contribution in [0.5, 0.6) is 0 Å². The summed E-state index contributed by atoms with van der Waals surface area (Å²) in [4.78, 5) is 6.07. The molecule has 2 heterocycles. The zero-order valence-electron chi connectivity index (χ0n) is 8.09. The lowest BCUT2D eigenvalue weighted by atomic mass is 10.1. The number of aromatic nitrogens is 1. The van der Waals surface area contributed by atoms with Gasteiger partial charge in [-0.3, -0.25) is 0 Å². The van der Waals surface area contributed by atoms with Crippen molar-refractivity contribution in [2.45, 2.75) is 18.8 Å². The summed E-state index contributed by atoms with van der Waals surface area (Å²) in [5.41, 5.74) is 0. The molecule has 1 aromatic heterocycles. The Morgan fingerprint density at radius 3 is 2.60 bits per heavy atom. The van der Waals surface area contributed by atoms with E-state index in [-0.39, 0.29) is 12.8 Å². The van der Waals surface area contributed by atoms with Gasteiger partial charge in [0.2, 0.25) is 0 Å². The average molecular weight is 277 g/mol. The smallest absolute Gasteiger partial charge is 0.251 e. The van der Waals surface area contributed by atoms with E-state index in [1.807, 2.05) is 17.0 Å². The maximum absolute atomic E-state index is 12.9. The number of hydrogen-bond acceptors (Lipinski definition) is 2. The molecule has 5 heteroatoms. The van der Waals surface area contributed by atoms with Gasteiger partial charge in [0.15, 0.2) is 0 Å². The maximum Gasteiger partial charge on any atom is 0.251 e. The number of halogens is 3. The number of rotatable bonds is 1. The predicted molar refractivity (Wildman–Crippen MR) is 58.3 cm³/mol. The summed E-state index contributed by atoms with van der Waals surface area (Å²) in [6, 6.07) is 3.68. The number of pyridine rings is 1. The highest BCUT2D eigenvalue weighted by molar-refractivity contribution is 9.10. The maximum atomic E-state index is 12.9. The fraction of sp³-hybridized carbons (Fsp3) is 0.500. The van der Waals surface area contributed by atoms with E-state index in [1.165, 1.54) is 0 Å². The standard InChI is InChI=1S/C10H11BrF2N2/c11-8-2-1-5-14-9(8)15-6-3-10(12,13)4-7-15/h1-2,5H,3-4,6-7H2. The van der Waals surface area contributed by atoms with Gasteiger partial charge in [-0.2, -0.15) is 0 Å². The van der Waals surface area contributed by atoms with E-state index < -0.39 is 5.92 Å². The molecule has 0 saturated carbocycles. The lowest BCUT2D eigenvalue weighted by Crippen LogP contribution is -2.39. The zero-order chi connectivity index (χ0) is 10.9. The van der Waals surface area contributed by atoms with Gasteiger partial charge in [-0.15, -0.1) is 0 Å². The van der Waals surface area contributed by atoms with Gasteiger partial charge in [-0.25, -0.2) is 13.8 Å². The van der Waals surface area contributed by atoms with Crippen LogP contribution in [-0.2, 0) is 0 Å². The Morgan fingerprint density at radius 2 is 2.00 bits per heavy atom. The first kappa shape index (κ1) is 10.8. The molecule has 0 aliphatic carbocycles. The normalized spacial score (nSPS) is 20.3. The summed E-state index contributed by atoms with van der Waals surface area (Å²) < 4.78 is 26.7. The Morgan fingerprint density at radius 1 is 1.33 bits per heavy atom. The monoisotopic (exact) mass is 276 g/mol. The first-order valence-electron chi connectivity index (χ1n) is 4.82. The SMILES string of the molecule is FC1(F)CCN(c2ncccc2Br)CC1. The third kappa shape index (κ3) is 2.45. The molecule has 0 atom stereocenters. The molecule has 0 spiro atoms. The third-order valence-electron chi connectivity index (χ3n) is 2.53. The van der Waals surface area contributed by atoms with Crippen LogP contribution in [0.25, 0.3) is 0 Å². The highest BCUT2D eigenvalue weighted by Crippen LogP contribution is 2.32. The minimum Gasteiger partial charge on any atom is -0.355 e. The lowest BCUT2D eigenvalue weighted by molar-refractivity contribution is -0.0221. The predicted octanol–water partition coefficient (Wildman–Crippen LogP) is 3.08. The summed E-state index contributed by atoms with van der Waals surface area (Å²) in [6.07, 6.45) is 1.50. The van der Waals surface area contributed by atoms with Crippen molar-refractivity contribution >= 4 is 21.7 Å². The minimum atomic E-state index is -2.50. The largest absolute Gasteiger partial charge is 0.355 e. The first-order valence-corrected chi connectivity index (χ1v) is 5.61. The molecular formula is C10H11BrF2N2. The number of alkyl halides is 2. The van der Waals surface area contributed by atoms with Crippen LogP contribution >= 0.6 is 15.9 Å². The van der Waals surface area contributed by atoms with Crippen LogP contribution in [0.2, 0.25) is 0 Å². The summed E-state index contributed by atoms with van der Waals surface area (Å²) in [6.45, 7) is 0.727. The summed E-state index contributed by atoms with van der Waals surface area (Å²) in [5.74, 6) is -1.74. The quantitative estimate of drug-likeness (QED) is 0.784. The molecule has 2 rings (SSSR count). The molecule has 0 amide bonds. The van der Waals surface area contributed by atoms with Crippen molar-refractivity contribution in [2.75, 3.05) is 18.0 Å². The fourth-order valence-corrected chi connectivity index (χ4v) is 2.16. The van der Waals surface area contributed by atoms with Gasteiger partial charge in [0.05, 0.1) is 4.47 Å². The van der Waals surface area contributed by atoms with Crippen LogP contribution in [0.4, 0.5) is 14.6 Å². The molecule has 2 nitrogen and oxygen atoms in total. The Kier molecular flexibility index (Phi) is 2.91. The van der Waals surface area contributed by atoms with Crippen molar-refractivity contribution in [3.05, 3.63) is 22.8 Å². The lowest BCUT2D eigenvalue weighted by Gasteiger charge is -2.32. The second-order valence-corrected chi connectivity index (χ2v) is 4.51. The molecule has 1 saturated heterocycles. The molecule has 0 radical (unpaired) electrons. The first-order chi connectivity index (χ1) is 7.08. The number of hydrogen-bond donors (Lipinski definition) is 0. The van der Waals surface area contributed by atoms with Gasteiger partial charge in [0.25, 0.3) is 5.92 Å². The van der Waals surface area contributed by atoms with Crippen LogP contribution in [0.15, 0.2) is 22.8 Å². The van der Waals surface area contributed by atoms with Crippen molar-refractivity contribution in [3.8, 4) is 0 Å². The molecule has 1 fully saturated rings. The minimum absolute atomic E-state index is 0.0873. The fourth-order valence-electron chi connectivity index (χ4n) is 1.66. The van der Waals surface area contributed by atoms with Gasteiger partial charge in [0, 0.05) is 32.1 Å². The summed E-state index contributed by atoms with van der Waals surface area (Å²) >= 11 is 3.37. The second-order valence-electron chi connectivity index (χ2n) is 3.65. The van der Waals surface area contributed by atoms with E-state index in [0.29, 0.717) is 13.1 Å². The van der Waals surface area contributed by atoms with E-state index >= 15 is 0 Å². The third-order valence-corrected chi connectivity index (χ3v) is 3.15. The Hall–Kier alpha value is -0.710. The molecule has 0 aromatic carbocycles. The van der Waals surface area contributed by atoms with E-state index in [1.54, 1.807) is 6.20 Å². The second kappa shape index (κ2) is 4.04. The van der Waals surface area contributed by atoms with Gasteiger partial charge in [0.1, 0.15) is 5.82 Å². The molecule has 1 aliphatic rings. The Balaban J connectivity index is 2.11. The summed E-state index contributed by atoms with van der Waals surface area (Å²) in [5, 5.41) is 0. The van der Waals surface area contributed by atoms with Gasteiger partial charge < -0.3 is 4.90 Å². The highest BCUT2D eigenvalue weighted by Gasteiger charge is 2.34. The van der Waals surface area contributed by atoms with Crippen molar-refractivity contribution in [3.63, 3.8) is 0 Å². The molecule has 1 aliphatic heterocycles. The molecule has 1 aromatic rings. The van der Waals surface area contributed by atoms with Gasteiger partial charge in [-0.05, 0) is 28.1 Å². The van der Waals surface area contributed by atoms with E-state index in [0.717, 1.165) is 10.3 Å². The van der Waals surface area contributed by atoms with Crippen molar-refractivity contribution < 1.29 is 8.78 Å². The van der Waals surface area contributed by atoms with Crippen LogP contribution in [0, 0.1) is 0 Å².